The van der Waals surface area contributed by atoms with Gasteiger partial charge in [-0.05, 0) is 38.8 Å². The van der Waals surface area contributed by atoms with E-state index in [1.54, 1.807) is 0 Å². The van der Waals surface area contributed by atoms with Crippen molar-refractivity contribution in [1.82, 2.24) is 4.98 Å². The number of nitrogens with zero attached hydrogens (tertiary/aromatic N) is 2. The van der Waals surface area contributed by atoms with Crippen molar-refractivity contribution in [3.8, 4) is 0 Å². The van der Waals surface area contributed by atoms with E-state index in [9.17, 15) is 0 Å². The zero-order chi connectivity index (χ0) is 11.5. The zero-order valence-electron chi connectivity index (χ0n) is 10.2. The summed E-state index contributed by atoms with van der Waals surface area (Å²) in [7, 11) is 0. The molecule has 0 spiro atoms. The van der Waals surface area contributed by atoms with E-state index >= 15 is 0 Å². The summed E-state index contributed by atoms with van der Waals surface area (Å²) in [6.45, 7) is 5.38. The fraction of sp³-hybridized carbons (Fsp3) is 0.615. The van der Waals surface area contributed by atoms with Gasteiger partial charge in [0.15, 0.2) is 5.82 Å². The van der Waals surface area contributed by atoms with Crippen LogP contribution in [0.1, 0.15) is 38.3 Å². The summed E-state index contributed by atoms with van der Waals surface area (Å²) < 4.78 is 0. The third-order valence-electron chi connectivity index (χ3n) is 3.37. The highest BCUT2D eigenvalue weighted by Gasteiger charge is 2.20. The minimum absolute atomic E-state index is 0.555. The molecule has 2 rings (SSSR count). The SMILES string of the molecule is Cc1ccc(N)c(N2CCCCCC2C)n1. The molecule has 1 unspecified atom stereocenters. The van der Waals surface area contributed by atoms with Crippen LogP contribution in [-0.2, 0) is 0 Å². The third kappa shape index (κ3) is 2.29. The van der Waals surface area contributed by atoms with Crippen LogP contribution in [0.4, 0.5) is 11.5 Å². The number of pyridine rings is 1. The molecule has 3 heteroatoms. The average molecular weight is 219 g/mol. The zero-order valence-corrected chi connectivity index (χ0v) is 10.2. The number of anilines is 2. The highest BCUT2D eigenvalue weighted by Crippen LogP contribution is 2.27. The van der Waals surface area contributed by atoms with Crippen LogP contribution < -0.4 is 10.6 Å². The number of hydrogen-bond donors (Lipinski definition) is 1. The Labute approximate surface area is 97.7 Å². The van der Waals surface area contributed by atoms with Crippen LogP contribution in [0.5, 0.6) is 0 Å². The molecule has 0 radical (unpaired) electrons. The minimum atomic E-state index is 0.555. The van der Waals surface area contributed by atoms with Gasteiger partial charge in [0.05, 0.1) is 5.69 Å². The Morgan fingerprint density at radius 3 is 2.94 bits per heavy atom. The summed E-state index contributed by atoms with van der Waals surface area (Å²) in [5, 5.41) is 0. The number of rotatable bonds is 1. The van der Waals surface area contributed by atoms with E-state index in [4.69, 9.17) is 5.73 Å². The molecule has 0 aliphatic carbocycles. The maximum Gasteiger partial charge on any atom is 0.152 e. The lowest BCUT2D eigenvalue weighted by Crippen LogP contribution is -2.33. The topological polar surface area (TPSA) is 42.1 Å². The molecule has 1 fully saturated rings. The van der Waals surface area contributed by atoms with Gasteiger partial charge < -0.3 is 10.6 Å². The molecule has 88 valence electrons. The van der Waals surface area contributed by atoms with Gasteiger partial charge in [-0.25, -0.2) is 4.98 Å². The number of aromatic nitrogens is 1. The molecule has 1 atom stereocenters. The standard InChI is InChI=1S/C13H21N3/c1-10-7-8-12(14)13(15-10)16-9-5-3-4-6-11(16)2/h7-8,11H,3-6,9,14H2,1-2H3. The molecule has 3 nitrogen and oxygen atoms in total. The van der Waals surface area contributed by atoms with E-state index in [1.165, 1.54) is 25.7 Å². The number of nitrogens with two attached hydrogens (primary N) is 1. The molecule has 1 aromatic rings. The molecule has 1 aromatic heterocycles. The van der Waals surface area contributed by atoms with Gasteiger partial charge in [0.25, 0.3) is 0 Å². The Kier molecular flexibility index (Phi) is 3.32. The van der Waals surface area contributed by atoms with Crippen LogP contribution in [0.3, 0.4) is 0 Å². The second-order valence-electron chi connectivity index (χ2n) is 4.76. The summed E-state index contributed by atoms with van der Waals surface area (Å²) >= 11 is 0. The lowest BCUT2D eigenvalue weighted by molar-refractivity contribution is 0.611. The first kappa shape index (κ1) is 11.2. The van der Waals surface area contributed by atoms with Crippen LogP contribution in [0, 0.1) is 6.92 Å². The van der Waals surface area contributed by atoms with Gasteiger partial charge >= 0.3 is 0 Å². The second-order valence-corrected chi connectivity index (χ2v) is 4.76. The molecule has 0 bridgehead atoms. The van der Waals surface area contributed by atoms with E-state index in [1.807, 2.05) is 19.1 Å². The summed E-state index contributed by atoms with van der Waals surface area (Å²) in [6.07, 6.45) is 5.14. The average Bonchev–Trinajstić information content (AvgIpc) is 2.47. The summed E-state index contributed by atoms with van der Waals surface area (Å²) in [6, 6.07) is 4.50. The van der Waals surface area contributed by atoms with Crippen molar-refractivity contribution in [2.75, 3.05) is 17.2 Å². The Morgan fingerprint density at radius 2 is 2.12 bits per heavy atom. The van der Waals surface area contributed by atoms with Crippen LogP contribution in [0.15, 0.2) is 12.1 Å². The number of nitrogen functional groups attached to an aromatic ring is 1. The van der Waals surface area contributed by atoms with Gasteiger partial charge in [-0.15, -0.1) is 0 Å². The van der Waals surface area contributed by atoms with Crippen molar-refractivity contribution in [1.29, 1.82) is 0 Å². The first-order valence-electron chi connectivity index (χ1n) is 6.18. The van der Waals surface area contributed by atoms with E-state index < -0.39 is 0 Å². The Bertz CT molecular complexity index is 362. The van der Waals surface area contributed by atoms with Gasteiger partial charge in [0.1, 0.15) is 0 Å². The molecule has 2 heterocycles. The molecule has 1 aliphatic rings. The quantitative estimate of drug-likeness (QED) is 0.789. The monoisotopic (exact) mass is 219 g/mol. The van der Waals surface area contributed by atoms with Crippen molar-refractivity contribution in [2.24, 2.45) is 0 Å². The smallest absolute Gasteiger partial charge is 0.152 e. The van der Waals surface area contributed by atoms with Gasteiger partial charge in [-0.2, -0.15) is 0 Å². The van der Waals surface area contributed by atoms with E-state index in [0.717, 1.165) is 23.7 Å². The van der Waals surface area contributed by atoms with Gasteiger partial charge in [-0.1, -0.05) is 12.8 Å². The fourth-order valence-electron chi connectivity index (χ4n) is 2.37. The van der Waals surface area contributed by atoms with Crippen molar-refractivity contribution in [3.05, 3.63) is 17.8 Å². The van der Waals surface area contributed by atoms with Crippen molar-refractivity contribution >= 4 is 11.5 Å². The highest BCUT2D eigenvalue weighted by molar-refractivity contribution is 5.63. The van der Waals surface area contributed by atoms with Crippen molar-refractivity contribution in [2.45, 2.75) is 45.6 Å². The lowest BCUT2D eigenvalue weighted by Gasteiger charge is -2.29. The Hall–Kier alpha value is -1.25. The Balaban J connectivity index is 2.29. The third-order valence-corrected chi connectivity index (χ3v) is 3.37. The lowest BCUT2D eigenvalue weighted by atomic mass is 10.1. The second kappa shape index (κ2) is 4.73. The summed E-state index contributed by atoms with van der Waals surface area (Å²) in [5.41, 5.74) is 7.88. The van der Waals surface area contributed by atoms with Gasteiger partial charge in [-0.3, -0.25) is 0 Å². The molecular formula is C13H21N3. The summed E-state index contributed by atoms with van der Waals surface area (Å²) in [5.74, 6) is 0.981. The van der Waals surface area contributed by atoms with E-state index in [0.29, 0.717) is 6.04 Å². The van der Waals surface area contributed by atoms with Crippen LogP contribution in [0.25, 0.3) is 0 Å². The first-order chi connectivity index (χ1) is 7.68. The van der Waals surface area contributed by atoms with E-state index in [2.05, 4.69) is 16.8 Å². The predicted octanol–water partition coefficient (Wildman–Crippen LogP) is 2.74. The largest absolute Gasteiger partial charge is 0.396 e. The molecule has 16 heavy (non-hydrogen) atoms. The van der Waals surface area contributed by atoms with Gasteiger partial charge in [0.2, 0.25) is 0 Å². The molecule has 1 saturated heterocycles. The number of aryl methyl sites for hydroxylation is 1. The predicted molar refractivity (Wildman–Crippen MR) is 68.7 cm³/mol. The molecular weight excluding hydrogens is 198 g/mol. The van der Waals surface area contributed by atoms with Crippen LogP contribution in [0.2, 0.25) is 0 Å². The van der Waals surface area contributed by atoms with Crippen LogP contribution in [-0.4, -0.2) is 17.6 Å². The normalized spacial score (nSPS) is 21.9. The summed E-state index contributed by atoms with van der Waals surface area (Å²) in [4.78, 5) is 6.96. The molecule has 0 amide bonds. The number of hydrogen-bond acceptors (Lipinski definition) is 3. The first-order valence-corrected chi connectivity index (χ1v) is 6.18. The van der Waals surface area contributed by atoms with Crippen molar-refractivity contribution < 1.29 is 0 Å². The van der Waals surface area contributed by atoms with Crippen LogP contribution >= 0.6 is 0 Å². The minimum Gasteiger partial charge on any atom is -0.396 e. The maximum absolute atomic E-state index is 6.03. The molecule has 0 saturated carbocycles. The van der Waals surface area contributed by atoms with E-state index in [-0.39, 0.29) is 0 Å². The molecule has 0 aromatic carbocycles. The maximum atomic E-state index is 6.03. The Morgan fingerprint density at radius 1 is 1.31 bits per heavy atom. The van der Waals surface area contributed by atoms with Crippen molar-refractivity contribution in [3.63, 3.8) is 0 Å². The molecule has 1 aliphatic heterocycles. The van der Waals surface area contributed by atoms with Gasteiger partial charge in [0, 0.05) is 18.3 Å². The molecule has 2 N–H and O–H groups in total. The fourth-order valence-corrected chi connectivity index (χ4v) is 2.37. The highest BCUT2D eigenvalue weighted by atomic mass is 15.2.